The number of esters is 2. The van der Waals surface area contributed by atoms with Crippen molar-refractivity contribution in [1.82, 2.24) is 0 Å². The van der Waals surface area contributed by atoms with Crippen molar-refractivity contribution < 1.29 is 38.2 Å². The highest BCUT2D eigenvalue weighted by molar-refractivity contribution is 5.72. The second kappa shape index (κ2) is 43.2. The molecule has 8 heteroatoms. The molecule has 0 fully saturated rings. The predicted molar refractivity (Wildman–Crippen MR) is 256 cm³/mol. The number of aliphatic carboxylic acids is 1. The number of unbranched alkanes of at least 4 members (excludes halogenated alkanes) is 14. The van der Waals surface area contributed by atoms with Gasteiger partial charge in [0.05, 0.1) is 34.4 Å². The number of hydrogen-bond acceptors (Lipinski definition) is 6. The van der Waals surface area contributed by atoms with Crippen LogP contribution >= 0.6 is 0 Å². The van der Waals surface area contributed by atoms with E-state index in [1.165, 1.54) is 51.4 Å². The molecule has 0 bridgehead atoms. The van der Waals surface area contributed by atoms with Gasteiger partial charge in [-0.25, -0.2) is 4.79 Å². The minimum Gasteiger partial charge on any atom is -0.477 e. The van der Waals surface area contributed by atoms with Gasteiger partial charge in [-0.15, -0.1) is 0 Å². The molecule has 0 rings (SSSR count). The van der Waals surface area contributed by atoms with Crippen molar-refractivity contribution in [2.24, 2.45) is 0 Å². The molecule has 0 aromatic carbocycles. The highest BCUT2D eigenvalue weighted by Crippen LogP contribution is 2.13. The summed E-state index contributed by atoms with van der Waals surface area (Å²) in [6.45, 7) is 4.55. The normalized spacial score (nSPS) is 13.7. The molecule has 0 aliphatic carbocycles. The number of carbonyl (C=O) groups is 3. The minimum absolute atomic E-state index is 0.0449. The van der Waals surface area contributed by atoms with Crippen LogP contribution in [0.15, 0.2) is 85.1 Å². The third-order valence-corrected chi connectivity index (χ3v) is 10.3. The number of allylic oxidation sites excluding steroid dienone is 14. The van der Waals surface area contributed by atoms with Crippen LogP contribution in [0.4, 0.5) is 0 Å². The first-order valence-corrected chi connectivity index (χ1v) is 24.1. The molecule has 2 unspecified atom stereocenters. The van der Waals surface area contributed by atoms with Gasteiger partial charge in [-0.2, -0.15) is 0 Å². The quantitative estimate of drug-likeness (QED) is 0.0283. The number of hydrogen-bond donors (Lipinski definition) is 1. The summed E-state index contributed by atoms with van der Waals surface area (Å²) in [7, 11) is 5.51. The first kappa shape index (κ1) is 57.5. The van der Waals surface area contributed by atoms with Gasteiger partial charge in [0.25, 0.3) is 0 Å². The summed E-state index contributed by atoms with van der Waals surface area (Å²) in [5.41, 5.74) is 0. The lowest BCUT2D eigenvalue weighted by molar-refractivity contribution is -0.887. The van der Waals surface area contributed by atoms with E-state index in [1.807, 2.05) is 21.1 Å². The van der Waals surface area contributed by atoms with E-state index in [4.69, 9.17) is 14.2 Å². The number of quaternary nitrogens is 1. The third-order valence-electron chi connectivity index (χ3n) is 10.3. The fraction of sp³-hybridized carbons (Fsp3) is 0.679. The minimum atomic E-state index is -0.883. The maximum atomic E-state index is 12.8. The van der Waals surface area contributed by atoms with Crippen molar-refractivity contribution in [2.45, 2.75) is 193 Å². The highest BCUT2D eigenvalue weighted by Gasteiger charge is 2.31. The van der Waals surface area contributed by atoms with E-state index in [-0.39, 0.29) is 36.2 Å². The van der Waals surface area contributed by atoms with Crippen LogP contribution in [0.2, 0.25) is 0 Å². The molecule has 0 saturated heterocycles. The average molecular weight is 853 g/mol. The van der Waals surface area contributed by atoms with E-state index in [0.717, 1.165) is 96.3 Å². The fourth-order valence-corrected chi connectivity index (χ4v) is 6.56. The maximum Gasteiger partial charge on any atom is 0.362 e. The molecule has 0 heterocycles. The first-order valence-electron chi connectivity index (χ1n) is 24.1. The van der Waals surface area contributed by atoms with E-state index in [1.54, 1.807) is 0 Å². The van der Waals surface area contributed by atoms with Crippen LogP contribution in [0.25, 0.3) is 0 Å². The molecule has 0 amide bonds. The van der Waals surface area contributed by atoms with Crippen LogP contribution in [0, 0.1) is 0 Å². The van der Waals surface area contributed by atoms with E-state index in [9.17, 15) is 19.5 Å². The van der Waals surface area contributed by atoms with Crippen LogP contribution in [-0.2, 0) is 28.6 Å². The van der Waals surface area contributed by atoms with Gasteiger partial charge >= 0.3 is 17.9 Å². The second-order valence-corrected chi connectivity index (χ2v) is 17.0. The van der Waals surface area contributed by atoms with E-state index < -0.39 is 18.1 Å². The summed E-state index contributed by atoms with van der Waals surface area (Å²) in [6, 6.07) is -0.625. The molecule has 0 spiro atoms. The number of nitrogens with zero attached hydrogens (tertiary/aromatic N) is 1. The Balaban J connectivity index is 4.37. The average Bonchev–Trinajstić information content (AvgIpc) is 3.22. The number of rotatable bonds is 42. The second-order valence-electron chi connectivity index (χ2n) is 17.0. The highest BCUT2D eigenvalue weighted by atomic mass is 16.6. The van der Waals surface area contributed by atoms with Crippen molar-refractivity contribution in [3.63, 3.8) is 0 Å². The first-order chi connectivity index (χ1) is 29.6. The number of ether oxygens (including phenoxy) is 3. The van der Waals surface area contributed by atoms with Crippen molar-refractivity contribution >= 4 is 17.9 Å². The van der Waals surface area contributed by atoms with Crippen molar-refractivity contribution in [1.29, 1.82) is 0 Å². The molecule has 61 heavy (non-hydrogen) atoms. The van der Waals surface area contributed by atoms with Gasteiger partial charge < -0.3 is 23.8 Å². The largest absolute Gasteiger partial charge is 0.477 e. The number of carboxylic acid groups (broad SMARTS) is 1. The third kappa shape index (κ3) is 41.6. The molecule has 0 aromatic heterocycles. The summed E-state index contributed by atoms with van der Waals surface area (Å²) >= 11 is 0. The molecule has 0 radical (unpaired) electrons. The van der Waals surface area contributed by atoms with Crippen molar-refractivity contribution in [3.05, 3.63) is 85.1 Å². The number of likely N-dealkylation sites (N-methyl/N-ethyl adjacent to an activating group) is 1. The predicted octanol–water partition coefficient (Wildman–Crippen LogP) is 13.7. The van der Waals surface area contributed by atoms with Crippen LogP contribution in [0.1, 0.15) is 181 Å². The van der Waals surface area contributed by atoms with Gasteiger partial charge in [0.2, 0.25) is 0 Å². The molecule has 2 atom stereocenters. The van der Waals surface area contributed by atoms with Gasteiger partial charge in [0.15, 0.2) is 12.1 Å². The molecule has 8 nitrogen and oxygen atoms in total. The standard InChI is InChI=1S/C53H89NO7/c1-6-8-10-12-14-16-18-20-22-24-25-26-28-29-31-33-35-37-39-41-43-51(55)60-48-49(47-59-46-45-50(53(57)58)54(3,4)5)61-52(56)44-42-40-38-36-34-32-30-27-23-21-19-17-15-13-11-9-7-2/h8,10,14-17,20-23,25-26,29,31,49-50H,6-7,9,11-13,18-19,24,27-28,30,32-48H2,1-5H3/p+1/b10-8+,16-14+,17-15+,22-20+,23-21+,26-25+,31-29+. The Bertz CT molecular complexity index is 1270. The lowest BCUT2D eigenvalue weighted by Gasteiger charge is -2.31. The van der Waals surface area contributed by atoms with Crippen molar-refractivity contribution in [2.75, 3.05) is 41.0 Å². The fourth-order valence-electron chi connectivity index (χ4n) is 6.56. The summed E-state index contributed by atoms with van der Waals surface area (Å²) in [5.74, 6) is -1.52. The maximum absolute atomic E-state index is 12.8. The van der Waals surface area contributed by atoms with E-state index in [2.05, 4.69) is 98.9 Å². The van der Waals surface area contributed by atoms with Gasteiger partial charge in [0, 0.05) is 19.3 Å². The number of carboxylic acids is 1. The van der Waals surface area contributed by atoms with Crippen molar-refractivity contribution in [3.8, 4) is 0 Å². The van der Waals surface area contributed by atoms with Crippen LogP contribution in [0.5, 0.6) is 0 Å². The smallest absolute Gasteiger partial charge is 0.362 e. The van der Waals surface area contributed by atoms with Gasteiger partial charge in [0.1, 0.15) is 6.61 Å². The van der Waals surface area contributed by atoms with Crippen LogP contribution < -0.4 is 0 Å². The van der Waals surface area contributed by atoms with Gasteiger partial charge in [-0.1, -0.05) is 157 Å². The lowest BCUT2D eigenvalue weighted by atomic mass is 10.1. The molecular formula is C53H90NO7+. The lowest BCUT2D eigenvalue weighted by Crippen LogP contribution is -2.50. The van der Waals surface area contributed by atoms with Gasteiger partial charge in [-0.05, 0) is 89.9 Å². The summed E-state index contributed by atoms with van der Waals surface area (Å²) in [6.07, 6.45) is 56.2. The molecule has 0 aromatic rings. The Hall–Kier alpha value is -3.49. The Morgan fingerprint density at radius 3 is 1.36 bits per heavy atom. The zero-order chi connectivity index (χ0) is 44.9. The van der Waals surface area contributed by atoms with E-state index in [0.29, 0.717) is 19.3 Å². The molecule has 0 aliphatic rings. The Morgan fingerprint density at radius 2 is 0.918 bits per heavy atom. The molecule has 0 saturated carbocycles. The molecular weight excluding hydrogens is 763 g/mol. The molecule has 1 N–H and O–H groups in total. The van der Waals surface area contributed by atoms with Gasteiger partial charge in [-0.3, -0.25) is 9.59 Å². The molecule has 348 valence electrons. The van der Waals surface area contributed by atoms with E-state index >= 15 is 0 Å². The van der Waals surface area contributed by atoms with Crippen LogP contribution in [-0.4, -0.2) is 80.6 Å². The Kier molecular flexibility index (Phi) is 40.7. The number of carbonyl (C=O) groups excluding carboxylic acids is 2. The Morgan fingerprint density at radius 1 is 0.508 bits per heavy atom. The van der Waals surface area contributed by atoms with Crippen LogP contribution in [0.3, 0.4) is 0 Å². The summed E-state index contributed by atoms with van der Waals surface area (Å²) in [5, 5.41) is 9.64. The monoisotopic (exact) mass is 853 g/mol. The zero-order valence-corrected chi connectivity index (χ0v) is 39.6. The zero-order valence-electron chi connectivity index (χ0n) is 39.6. The SMILES string of the molecule is CC/C=C/C/C=C/C/C=C/C/C=C/C/C=C/CCCCCCC(=O)OCC(COCCC(C(=O)O)[N+](C)(C)C)OC(=O)CCCCCCCCC/C=C/C/C=C/CCCCC. The summed E-state index contributed by atoms with van der Waals surface area (Å²) < 4.78 is 17.3. The topological polar surface area (TPSA) is 99.1 Å². The summed E-state index contributed by atoms with van der Waals surface area (Å²) in [4.78, 5) is 37.1. The molecule has 0 aliphatic heterocycles. The Labute approximate surface area is 373 Å².